The Kier molecular flexibility index (Phi) is 8.08. The van der Waals surface area contributed by atoms with Gasteiger partial charge in [0, 0.05) is 25.4 Å². The van der Waals surface area contributed by atoms with Crippen molar-refractivity contribution < 1.29 is 9.84 Å². The Labute approximate surface area is 118 Å². The summed E-state index contributed by atoms with van der Waals surface area (Å²) in [5.41, 5.74) is 0. The van der Waals surface area contributed by atoms with Crippen molar-refractivity contribution >= 4 is 23.4 Å². The molecule has 1 rings (SSSR count). The van der Waals surface area contributed by atoms with Gasteiger partial charge in [-0.05, 0) is 19.1 Å². The number of thioether (sulfide) groups is 1. The summed E-state index contributed by atoms with van der Waals surface area (Å²) in [6.45, 7) is 3.84. The van der Waals surface area contributed by atoms with E-state index in [0.29, 0.717) is 17.4 Å². The predicted octanol–water partition coefficient (Wildman–Crippen LogP) is 1.44. The Morgan fingerprint density at radius 1 is 1.26 bits per heavy atom. The fourth-order valence-corrected chi connectivity index (χ4v) is 2.28. The first-order chi connectivity index (χ1) is 9.33. The number of rotatable bonds is 10. The van der Waals surface area contributed by atoms with Crippen LogP contribution in [0.25, 0.3) is 0 Å². The van der Waals surface area contributed by atoms with Gasteiger partial charge in [0.1, 0.15) is 6.33 Å². The van der Waals surface area contributed by atoms with E-state index in [4.69, 9.17) is 9.84 Å². The van der Waals surface area contributed by atoms with Crippen LogP contribution >= 0.6 is 11.8 Å². The molecule has 0 saturated carbocycles. The molecule has 0 spiro atoms. The van der Waals surface area contributed by atoms with Crippen molar-refractivity contribution in [2.24, 2.45) is 0 Å². The lowest BCUT2D eigenvalue weighted by Gasteiger charge is -2.13. The maximum Gasteiger partial charge on any atom is 0.204 e. The fraction of sp³-hybridized carbons (Fsp3) is 0.667. The summed E-state index contributed by atoms with van der Waals surface area (Å²) < 4.78 is 5.33. The molecule has 0 bridgehead atoms. The molecule has 108 valence electrons. The molecule has 1 aromatic rings. The highest BCUT2D eigenvalue weighted by atomic mass is 32.2. The lowest BCUT2D eigenvalue weighted by Crippen LogP contribution is -2.10. The third-order valence-electron chi connectivity index (χ3n) is 2.34. The van der Waals surface area contributed by atoms with Gasteiger partial charge in [0.05, 0.1) is 7.11 Å². The van der Waals surface area contributed by atoms with Crippen molar-refractivity contribution in [1.29, 1.82) is 0 Å². The van der Waals surface area contributed by atoms with Gasteiger partial charge in [-0.25, -0.2) is 9.97 Å². The minimum absolute atomic E-state index is 0.256. The Bertz CT molecular complexity index is 366. The first-order valence-corrected chi connectivity index (χ1v) is 7.54. The van der Waals surface area contributed by atoms with Gasteiger partial charge < -0.3 is 20.5 Å². The summed E-state index contributed by atoms with van der Waals surface area (Å²) in [6.07, 6.45) is 2.35. The Morgan fingerprint density at radius 3 is 2.63 bits per heavy atom. The number of aromatic nitrogens is 2. The van der Waals surface area contributed by atoms with E-state index in [1.807, 2.05) is 6.92 Å². The van der Waals surface area contributed by atoms with Crippen LogP contribution in [0.3, 0.4) is 0 Å². The number of methoxy groups -OCH3 is 1. The van der Waals surface area contributed by atoms with Gasteiger partial charge in [-0.1, -0.05) is 0 Å². The first kappa shape index (κ1) is 15.8. The van der Waals surface area contributed by atoms with Gasteiger partial charge in [-0.15, -0.1) is 0 Å². The topological polar surface area (TPSA) is 79.3 Å². The van der Waals surface area contributed by atoms with E-state index in [1.165, 1.54) is 6.33 Å². The lowest BCUT2D eigenvalue weighted by molar-refractivity contribution is 0.296. The van der Waals surface area contributed by atoms with E-state index in [9.17, 15) is 0 Å². The normalized spacial score (nSPS) is 10.3. The molecule has 0 fully saturated rings. The number of anilines is 2. The van der Waals surface area contributed by atoms with Crippen molar-refractivity contribution in [2.75, 3.05) is 48.9 Å². The Hall–Kier alpha value is -1.21. The van der Waals surface area contributed by atoms with Crippen molar-refractivity contribution in [3.05, 3.63) is 6.33 Å². The molecule has 0 aliphatic heterocycles. The minimum Gasteiger partial charge on any atom is -0.490 e. The summed E-state index contributed by atoms with van der Waals surface area (Å²) in [5, 5.41) is 15.1. The Balaban J connectivity index is 2.46. The molecule has 0 atom stereocenters. The van der Waals surface area contributed by atoms with Crippen LogP contribution in [-0.2, 0) is 0 Å². The van der Waals surface area contributed by atoms with Gasteiger partial charge >= 0.3 is 0 Å². The van der Waals surface area contributed by atoms with E-state index < -0.39 is 0 Å². The predicted molar refractivity (Wildman–Crippen MR) is 80.3 cm³/mol. The standard InChI is InChI=1S/C12H22N4O2S/c1-3-13-11-10(18-2)12(16-9-15-11)14-5-8-19-7-4-6-17/h9,17H,3-8H2,1-2H3,(H2,13,14,15,16). The third-order valence-corrected chi connectivity index (χ3v) is 3.41. The van der Waals surface area contributed by atoms with E-state index in [1.54, 1.807) is 18.9 Å². The average Bonchev–Trinajstić information content (AvgIpc) is 2.43. The summed E-state index contributed by atoms with van der Waals surface area (Å²) in [5.74, 6) is 3.99. The van der Waals surface area contributed by atoms with Gasteiger partial charge in [0.25, 0.3) is 0 Å². The molecule has 6 nitrogen and oxygen atoms in total. The van der Waals surface area contributed by atoms with Gasteiger partial charge in [-0.2, -0.15) is 11.8 Å². The SMILES string of the molecule is CCNc1ncnc(NCCSCCCO)c1OC. The molecule has 0 radical (unpaired) electrons. The lowest BCUT2D eigenvalue weighted by atomic mass is 10.4. The minimum atomic E-state index is 0.256. The smallest absolute Gasteiger partial charge is 0.204 e. The van der Waals surface area contributed by atoms with Crippen LogP contribution in [0.4, 0.5) is 11.6 Å². The Morgan fingerprint density at radius 2 is 2.00 bits per heavy atom. The fourth-order valence-electron chi connectivity index (χ4n) is 1.50. The van der Waals surface area contributed by atoms with Crippen LogP contribution in [0.2, 0.25) is 0 Å². The molecule has 0 aliphatic carbocycles. The monoisotopic (exact) mass is 286 g/mol. The zero-order chi connectivity index (χ0) is 13.9. The number of hydrogen-bond acceptors (Lipinski definition) is 7. The van der Waals surface area contributed by atoms with Crippen LogP contribution in [0, 0.1) is 0 Å². The zero-order valence-corrected chi connectivity index (χ0v) is 12.3. The molecule has 0 aliphatic rings. The van der Waals surface area contributed by atoms with Crippen molar-refractivity contribution in [3.63, 3.8) is 0 Å². The number of nitrogens with zero attached hydrogens (tertiary/aromatic N) is 2. The van der Waals surface area contributed by atoms with E-state index in [0.717, 1.165) is 31.0 Å². The molecule has 0 saturated heterocycles. The second-order valence-corrected chi connectivity index (χ2v) is 4.98. The molecule has 1 aromatic heterocycles. The maximum atomic E-state index is 8.68. The van der Waals surface area contributed by atoms with Crippen LogP contribution < -0.4 is 15.4 Å². The van der Waals surface area contributed by atoms with Crippen LogP contribution in [0.1, 0.15) is 13.3 Å². The number of aliphatic hydroxyl groups excluding tert-OH is 1. The van der Waals surface area contributed by atoms with Crippen LogP contribution in [0.5, 0.6) is 5.75 Å². The zero-order valence-electron chi connectivity index (χ0n) is 11.5. The van der Waals surface area contributed by atoms with Crippen molar-refractivity contribution in [3.8, 4) is 5.75 Å². The highest BCUT2D eigenvalue weighted by Crippen LogP contribution is 2.28. The number of aliphatic hydroxyl groups is 1. The molecule has 7 heteroatoms. The summed E-state index contributed by atoms with van der Waals surface area (Å²) >= 11 is 1.80. The highest BCUT2D eigenvalue weighted by Gasteiger charge is 2.10. The quantitative estimate of drug-likeness (QED) is 0.562. The second-order valence-electron chi connectivity index (χ2n) is 3.75. The third kappa shape index (κ3) is 5.52. The number of hydrogen-bond donors (Lipinski definition) is 3. The van der Waals surface area contributed by atoms with Gasteiger partial charge in [0.15, 0.2) is 11.6 Å². The molecular weight excluding hydrogens is 264 g/mol. The first-order valence-electron chi connectivity index (χ1n) is 6.38. The molecule has 1 heterocycles. The van der Waals surface area contributed by atoms with E-state index in [-0.39, 0.29) is 6.61 Å². The number of nitrogens with one attached hydrogen (secondary N) is 2. The van der Waals surface area contributed by atoms with Crippen molar-refractivity contribution in [2.45, 2.75) is 13.3 Å². The molecule has 3 N–H and O–H groups in total. The summed E-state index contributed by atoms with van der Waals surface area (Å²) in [6, 6.07) is 0. The van der Waals surface area contributed by atoms with Crippen molar-refractivity contribution in [1.82, 2.24) is 9.97 Å². The van der Waals surface area contributed by atoms with Crippen LogP contribution in [-0.4, -0.2) is 53.4 Å². The second kappa shape index (κ2) is 9.69. The maximum absolute atomic E-state index is 8.68. The van der Waals surface area contributed by atoms with Gasteiger partial charge in [-0.3, -0.25) is 0 Å². The summed E-state index contributed by atoms with van der Waals surface area (Å²) in [7, 11) is 1.61. The molecule has 0 unspecified atom stereocenters. The molecule has 0 aromatic carbocycles. The van der Waals surface area contributed by atoms with Gasteiger partial charge in [0.2, 0.25) is 5.75 Å². The van der Waals surface area contributed by atoms with E-state index in [2.05, 4.69) is 20.6 Å². The number of ether oxygens (including phenoxy) is 1. The molecular formula is C12H22N4O2S. The summed E-state index contributed by atoms with van der Waals surface area (Å²) in [4.78, 5) is 8.34. The van der Waals surface area contributed by atoms with E-state index >= 15 is 0 Å². The molecule has 19 heavy (non-hydrogen) atoms. The highest BCUT2D eigenvalue weighted by molar-refractivity contribution is 7.99. The van der Waals surface area contributed by atoms with Crippen LogP contribution in [0.15, 0.2) is 6.33 Å². The largest absolute Gasteiger partial charge is 0.490 e. The average molecular weight is 286 g/mol. The molecule has 0 amide bonds.